The highest BCUT2D eigenvalue weighted by Gasteiger charge is 2.39. The molecule has 114 valence electrons. The van der Waals surface area contributed by atoms with Crippen LogP contribution in [-0.2, 0) is 9.47 Å². The molecule has 0 bridgehead atoms. The molecule has 2 nitrogen and oxygen atoms in total. The predicted octanol–water partition coefficient (Wildman–Crippen LogP) is 4.67. The van der Waals surface area contributed by atoms with E-state index in [4.69, 9.17) is 9.47 Å². The maximum atomic E-state index is 5.86. The first-order chi connectivity index (χ1) is 9.14. The van der Waals surface area contributed by atoms with Crippen molar-refractivity contribution in [2.24, 2.45) is 17.3 Å². The minimum Gasteiger partial charge on any atom is -0.384 e. The third kappa shape index (κ3) is 5.43. The van der Waals surface area contributed by atoms with Crippen LogP contribution in [0.15, 0.2) is 0 Å². The van der Waals surface area contributed by atoms with Gasteiger partial charge in [0.05, 0.1) is 13.2 Å². The van der Waals surface area contributed by atoms with Crippen molar-refractivity contribution in [1.82, 2.24) is 0 Å². The molecule has 0 radical (unpaired) electrons. The number of hydrogen-bond donors (Lipinski definition) is 0. The molecule has 19 heavy (non-hydrogen) atoms. The summed E-state index contributed by atoms with van der Waals surface area (Å²) in [5, 5.41) is 0. The Balaban J connectivity index is 2.74. The van der Waals surface area contributed by atoms with Crippen LogP contribution in [0, 0.1) is 17.3 Å². The Labute approximate surface area is 120 Å². The summed E-state index contributed by atoms with van der Waals surface area (Å²) in [5.41, 5.74) is 0.259. The van der Waals surface area contributed by atoms with Crippen molar-refractivity contribution in [3.8, 4) is 0 Å². The Bertz CT molecular complexity index is 221. The van der Waals surface area contributed by atoms with E-state index in [2.05, 4.69) is 20.8 Å². The van der Waals surface area contributed by atoms with Gasteiger partial charge in [0.25, 0.3) is 0 Å². The zero-order valence-corrected chi connectivity index (χ0v) is 13.5. The van der Waals surface area contributed by atoms with E-state index in [-0.39, 0.29) is 5.41 Å². The number of hydrogen-bond acceptors (Lipinski definition) is 2. The first-order valence-corrected chi connectivity index (χ1v) is 8.21. The largest absolute Gasteiger partial charge is 0.384 e. The zero-order valence-electron chi connectivity index (χ0n) is 13.5. The quantitative estimate of drug-likeness (QED) is 0.606. The van der Waals surface area contributed by atoms with Crippen molar-refractivity contribution < 1.29 is 9.47 Å². The van der Waals surface area contributed by atoms with Crippen molar-refractivity contribution in [3.05, 3.63) is 0 Å². The van der Waals surface area contributed by atoms with E-state index in [1.807, 2.05) is 7.11 Å². The summed E-state index contributed by atoms with van der Waals surface area (Å²) in [6.07, 6.45) is 9.48. The van der Waals surface area contributed by atoms with Crippen LogP contribution >= 0.6 is 0 Å². The fourth-order valence-electron chi connectivity index (χ4n) is 3.51. The highest BCUT2D eigenvalue weighted by atomic mass is 16.5. The van der Waals surface area contributed by atoms with E-state index in [0.29, 0.717) is 0 Å². The van der Waals surface area contributed by atoms with E-state index in [1.165, 1.54) is 44.9 Å². The maximum absolute atomic E-state index is 5.86. The third-order valence-corrected chi connectivity index (χ3v) is 4.72. The summed E-state index contributed by atoms with van der Waals surface area (Å²) >= 11 is 0. The topological polar surface area (TPSA) is 18.5 Å². The van der Waals surface area contributed by atoms with Gasteiger partial charge in [0.2, 0.25) is 0 Å². The van der Waals surface area contributed by atoms with Gasteiger partial charge in [-0.2, -0.15) is 0 Å². The molecule has 1 unspecified atom stereocenters. The molecule has 0 aliphatic heterocycles. The van der Waals surface area contributed by atoms with Gasteiger partial charge in [0, 0.05) is 19.1 Å². The van der Waals surface area contributed by atoms with Gasteiger partial charge in [-0.05, 0) is 38.0 Å². The lowest BCUT2D eigenvalue weighted by Crippen LogP contribution is -2.41. The molecular formula is C17H34O2. The molecule has 0 N–H and O–H groups in total. The van der Waals surface area contributed by atoms with Gasteiger partial charge in [0.15, 0.2) is 0 Å². The average Bonchev–Trinajstić information content (AvgIpc) is 2.43. The van der Waals surface area contributed by atoms with E-state index >= 15 is 0 Å². The lowest BCUT2D eigenvalue weighted by atomic mass is 9.66. The van der Waals surface area contributed by atoms with Gasteiger partial charge in [-0.3, -0.25) is 0 Å². The second-order valence-corrected chi connectivity index (χ2v) is 6.70. The molecule has 0 aromatic rings. The van der Waals surface area contributed by atoms with Crippen molar-refractivity contribution in [3.63, 3.8) is 0 Å². The minimum atomic E-state index is 0.259. The van der Waals surface area contributed by atoms with Gasteiger partial charge < -0.3 is 9.47 Å². The Hall–Kier alpha value is -0.0800. The second-order valence-electron chi connectivity index (χ2n) is 6.70. The van der Waals surface area contributed by atoms with Crippen LogP contribution in [0.3, 0.4) is 0 Å². The number of rotatable bonds is 9. The van der Waals surface area contributed by atoms with Gasteiger partial charge >= 0.3 is 0 Å². The Kier molecular flexibility index (Phi) is 8.01. The molecule has 1 atom stereocenters. The number of ether oxygens (including phenoxy) is 2. The monoisotopic (exact) mass is 270 g/mol. The Morgan fingerprint density at radius 2 is 1.79 bits per heavy atom. The van der Waals surface area contributed by atoms with Crippen molar-refractivity contribution in [2.75, 3.05) is 26.9 Å². The van der Waals surface area contributed by atoms with Crippen LogP contribution in [-0.4, -0.2) is 26.9 Å². The van der Waals surface area contributed by atoms with Crippen LogP contribution in [0.5, 0.6) is 0 Å². The standard InChI is InChI=1S/C17H34O2/c1-5-19-14-17(13-18-4,12-11-15(2)3)16-9-7-6-8-10-16/h15-16H,5-14H2,1-4H3. The van der Waals surface area contributed by atoms with Crippen LogP contribution in [0.25, 0.3) is 0 Å². The molecule has 1 aliphatic carbocycles. The summed E-state index contributed by atoms with van der Waals surface area (Å²) < 4.78 is 11.5. The highest BCUT2D eigenvalue weighted by molar-refractivity contribution is 4.88. The lowest BCUT2D eigenvalue weighted by Gasteiger charge is -2.42. The maximum Gasteiger partial charge on any atom is 0.0547 e. The van der Waals surface area contributed by atoms with Crippen molar-refractivity contribution >= 4 is 0 Å². The van der Waals surface area contributed by atoms with E-state index < -0.39 is 0 Å². The zero-order chi connectivity index (χ0) is 14.1. The first kappa shape index (κ1) is 17.0. The Morgan fingerprint density at radius 1 is 1.11 bits per heavy atom. The summed E-state index contributed by atoms with van der Waals surface area (Å²) in [6.45, 7) is 9.30. The molecule has 1 fully saturated rings. The lowest BCUT2D eigenvalue weighted by molar-refractivity contribution is -0.0588. The predicted molar refractivity (Wildman–Crippen MR) is 81.4 cm³/mol. The molecule has 0 saturated heterocycles. The van der Waals surface area contributed by atoms with Crippen LogP contribution in [0.2, 0.25) is 0 Å². The van der Waals surface area contributed by atoms with Crippen molar-refractivity contribution in [2.45, 2.75) is 65.7 Å². The Morgan fingerprint density at radius 3 is 2.32 bits per heavy atom. The summed E-state index contributed by atoms with van der Waals surface area (Å²) in [4.78, 5) is 0. The van der Waals surface area contributed by atoms with E-state index in [0.717, 1.165) is 31.7 Å². The highest BCUT2D eigenvalue weighted by Crippen LogP contribution is 2.43. The molecule has 1 rings (SSSR count). The number of methoxy groups -OCH3 is 1. The fraction of sp³-hybridized carbons (Fsp3) is 1.00. The van der Waals surface area contributed by atoms with Gasteiger partial charge in [-0.15, -0.1) is 0 Å². The van der Waals surface area contributed by atoms with Crippen molar-refractivity contribution in [1.29, 1.82) is 0 Å². The van der Waals surface area contributed by atoms with Gasteiger partial charge in [0.1, 0.15) is 0 Å². The molecule has 0 aromatic carbocycles. The third-order valence-electron chi connectivity index (χ3n) is 4.72. The smallest absolute Gasteiger partial charge is 0.0547 e. The minimum absolute atomic E-state index is 0.259. The average molecular weight is 270 g/mol. The van der Waals surface area contributed by atoms with Gasteiger partial charge in [-0.25, -0.2) is 0 Å². The molecule has 2 heteroatoms. The molecule has 0 spiro atoms. The molecule has 0 aromatic heterocycles. The van der Waals surface area contributed by atoms with E-state index in [9.17, 15) is 0 Å². The van der Waals surface area contributed by atoms with Crippen LogP contribution in [0.1, 0.15) is 65.7 Å². The molecule has 0 heterocycles. The summed E-state index contributed by atoms with van der Waals surface area (Å²) in [6, 6.07) is 0. The summed E-state index contributed by atoms with van der Waals surface area (Å²) in [7, 11) is 1.85. The van der Waals surface area contributed by atoms with E-state index in [1.54, 1.807) is 0 Å². The second kappa shape index (κ2) is 8.97. The molecule has 0 amide bonds. The first-order valence-electron chi connectivity index (χ1n) is 8.21. The SMILES string of the molecule is CCOCC(CCC(C)C)(COC)C1CCCCC1. The van der Waals surface area contributed by atoms with Crippen LogP contribution in [0.4, 0.5) is 0 Å². The molecular weight excluding hydrogens is 236 g/mol. The normalized spacial score (nSPS) is 20.7. The molecule has 1 saturated carbocycles. The summed E-state index contributed by atoms with van der Waals surface area (Å²) in [5.74, 6) is 1.56. The fourth-order valence-corrected chi connectivity index (χ4v) is 3.51. The molecule has 1 aliphatic rings. The van der Waals surface area contributed by atoms with Crippen LogP contribution < -0.4 is 0 Å². The van der Waals surface area contributed by atoms with Gasteiger partial charge in [-0.1, -0.05) is 39.5 Å².